The van der Waals surface area contributed by atoms with Crippen LogP contribution in [-0.4, -0.2) is 68.5 Å². The van der Waals surface area contributed by atoms with E-state index >= 15 is 0 Å². The van der Waals surface area contributed by atoms with Gasteiger partial charge in [0, 0.05) is 6.42 Å². The fourth-order valence-corrected chi connectivity index (χ4v) is 10.3. The second-order valence-corrected chi connectivity index (χ2v) is 24.5. The molecule has 0 aromatic heterocycles. The van der Waals surface area contributed by atoms with Gasteiger partial charge in [0.25, 0.3) is 7.82 Å². The average molecular weight is 1050 g/mol. The molecule has 0 fully saturated rings. The monoisotopic (exact) mass is 1050 g/mol. The quantitative estimate of drug-likeness (QED) is 0.0272. The molecular formula is C64H125N2O6P. The summed E-state index contributed by atoms with van der Waals surface area (Å²) < 4.78 is 23.4. The molecule has 0 rings (SSSR count). The van der Waals surface area contributed by atoms with E-state index in [-0.39, 0.29) is 19.1 Å². The number of quaternary nitrogens is 1. The third-order valence-electron chi connectivity index (χ3n) is 14.6. The minimum atomic E-state index is -4.60. The second kappa shape index (κ2) is 55.5. The van der Waals surface area contributed by atoms with Crippen molar-refractivity contribution in [3.63, 3.8) is 0 Å². The summed E-state index contributed by atoms with van der Waals surface area (Å²) in [5.74, 6) is -0.193. The fraction of sp³-hybridized carbons (Fsp3) is 0.891. The SMILES string of the molecule is CCCCCCC/C=C\C/C=C\CCCCCCCCCCCCCCCCCC(=O)NC(COP(=O)([O-])OCC[N+](C)(C)C)C(O)/C=C/CCCCCCCCCCCCCCCCCCCCCCCC. The van der Waals surface area contributed by atoms with Gasteiger partial charge in [-0.2, -0.15) is 0 Å². The number of nitrogens with zero attached hydrogens (tertiary/aromatic N) is 1. The Labute approximate surface area is 455 Å². The zero-order valence-corrected chi connectivity index (χ0v) is 50.3. The van der Waals surface area contributed by atoms with Gasteiger partial charge < -0.3 is 28.8 Å². The van der Waals surface area contributed by atoms with Gasteiger partial charge in [-0.3, -0.25) is 9.36 Å². The molecule has 0 aliphatic heterocycles. The Morgan fingerprint density at radius 2 is 0.795 bits per heavy atom. The van der Waals surface area contributed by atoms with Crippen molar-refractivity contribution in [2.24, 2.45) is 0 Å². The van der Waals surface area contributed by atoms with Crippen LogP contribution in [0.2, 0.25) is 0 Å². The number of allylic oxidation sites excluding steroid dienone is 5. The standard InChI is InChI=1S/C64H125N2O6P/c1-6-8-10-12-14-16-18-20-22-24-26-28-30-32-33-34-36-38-40-42-44-46-48-50-52-54-56-58-64(68)65-62(61-72-73(69,70)71-60-59-66(3,4)5)63(67)57-55-53-51-49-47-45-43-41-39-37-35-31-29-27-25-23-21-19-17-15-13-11-9-7-2/h18,20,24,26,55,57,62-63,67H,6-17,19,21-23,25,27-54,56,58-61H2,1-5H3,(H-,65,68,69,70)/b20-18-,26-24-,57-55+. The van der Waals surface area contributed by atoms with E-state index in [2.05, 4.69) is 43.5 Å². The molecule has 0 spiro atoms. The highest BCUT2D eigenvalue weighted by Crippen LogP contribution is 2.38. The van der Waals surface area contributed by atoms with E-state index in [1.807, 2.05) is 27.2 Å². The molecule has 0 bridgehead atoms. The number of carbonyl (C=O) groups excluding carboxylic acids is 1. The number of likely N-dealkylation sites (N-methyl/N-ethyl adjacent to an activating group) is 1. The van der Waals surface area contributed by atoms with Crippen LogP contribution in [0.3, 0.4) is 0 Å². The van der Waals surface area contributed by atoms with Crippen molar-refractivity contribution in [2.75, 3.05) is 40.9 Å². The molecular weight excluding hydrogens is 924 g/mol. The second-order valence-electron chi connectivity index (χ2n) is 23.1. The Bertz CT molecular complexity index is 1280. The van der Waals surface area contributed by atoms with Gasteiger partial charge in [0.05, 0.1) is 39.9 Å². The first-order valence-electron chi connectivity index (χ1n) is 31.9. The molecule has 0 aliphatic rings. The van der Waals surface area contributed by atoms with Crippen LogP contribution in [-0.2, 0) is 18.4 Å². The Balaban J connectivity index is 4.13. The molecule has 0 saturated carbocycles. The molecule has 9 heteroatoms. The normalized spacial score (nSPS) is 14.0. The first kappa shape index (κ1) is 71.7. The predicted octanol–water partition coefficient (Wildman–Crippen LogP) is 19.1. The summed E-state index contributed by atoms with van der Waals surface area (Å²) in [6.45, 7) is 4.69. The Morgan fingerprint density at radius 1 is 0.479 bits per heavy atom. The highest BCUT2D eigenvalue weighted by atomic mass is 31.2. The van der Waals surface area contributed by atoms with Crippen molar-refractivity contribution in [2.45, 2.75) is 328 Å². The number of rotatable bonds is 59. The lowest BCUT2D eigenvalue weighted by molar-refractivity contribution is -0.870. The molecule has 3 atom stereocenters. The molecule has 3 unspecified atom stereocenters. The van der Waals surface area contributed by atoms with Crippen molar-refractivity contribution in [1.82, 2.24) is 5.32 Å². The summed E-state index contributed by atoms with van der Waals surface area (Å²) in [5, 5.41) is 13.9. The molecule has 1 amide bonds. The molecule has 8 nitrogen and oxygen atoms in total. The van der Waals surface area contributed by atoms with E-state index in [1.165, 1.54) is 250 Å². The van der Waals surface area contributed by atoms with Crippen LogP contribution in [0.4, 0.5) is 0 Å². The van der Waals surface area contributed by atoms with E-state index in [9.17, 15) is 19.4 Å². The van der Waals surface area contributed by atoms with E-state index in [0.29, 0.717) is 17.4 Å². The topological polar surface area (TPSA) is 108 Å². The number of amides is 1. The lowest BCUT2D eigenvalue weighted by Gasteiger charge is -2.29. The van der Waals surface area contributed by atoms with E-state index in [4.69, 9.17) is 9.05 Å². The van der Waals surface area contributed by atoms with Gasteiger partial charge in [-0.05, 0) is 51.4 Å². The van der Waals surface area contributed by atoms with Crippen LogP contribution in [0.25, 0.3) is 0 Å². The molecule has 0 radical (unpaired) electrons. The van der Waals surface area contributed by atoms with Gasteiger partial charge >= 0.3 is 0 Å². The van der Waals surface area contributed by atoms with Crippen LogP contribution >= 0.6 is 7.82 Å². The maximum absolute atomic E-state index is 13.0. The van der Waals surface area contributed by atoms with Crippen LogP contribution in [0.1, 0.15) is 316 Å². The van der Waals surface area contributed by atoms with Gasteiger partial charge in [-0.15, -0.1) is 0 Å². The van der Waals surface area contributed by atoms with Crippen molar-refractivity contribution in [3.05, 3.63) is 36.5 Å². The maximum atomic E-state index is 13.0. The van der Waals surface area contributed by atoms with Gasteiger partial charge in [-0.1, -0.05) is 294 Å². The Hall–Kier alpha value is -1.28. The molecule has 0 aromatic carbocycles. The smallest absolute Gasteiger partial charge is 0.268 e. The molecule has 0 saturated heterocycles. The Kier molecular flexibility index (Phi) is 54.5. The van der Waals surface area contributed by atoms with Crippen LogP contribution < -0.4 is 10.2 Å². The summed E-state index contributed by atoms with van der Waals surface area (Å²) in [7, 11) is 1.27. The molecule has 0 heterocycles. The highest BCUT2D eigenvalue weighted by molar-refractivity contribution is 7.45. The van der Waals surface area contributed by atoms with Crippen molar-refractivity contribution in [1.29, 1.82) is 0 Å². The lowest BCUT2D eigenvalue weighted by Crippen LogP contribution is -2.45. The van der Waals surface area contributed by atoms with Crippen LogP contribution in [0, 0.1) is 0 Å². The summed E-state index contributed by atoms with van der Waals surface area (Å²) in [6, 6.07) is -0.887. The Morgan fingerprint density at radius 3 is 1.14 bits per heavy atom. The van der Waals surface area contributed by atoms with Gasteiger partial charge in [-0.25, -0.2) is 0 Å². The third-order valence-corrected chi connectivity index (χ3v) is 15.6. The molecule has 2 N–H and O–H groups in total. The number of hydrogen-bond donors (Lipinski definition) is 2. The van der Waals surface area contributed by atoms with Gasteiger partial charge in [0.15, 0.2) is 0 Å². The van der Waals surface area contributed by atoms with Crippen molar-refractivity contribution in [3.8, 4) is 0 Å². The largest absolute Gasteiger partial charge is 0.756 e. The summed E-state index contributed by atoms with van der Waals surface area (Å²) in [5.41, 5.74) is 0. The van der Waals surface area contributed by atoms with E-state index in [0.717, 1.165) is 44.9 Å². The predicted molar refractivity (Wildman–Crippen MR) is 316 cm³/mol. The fourth-order valence-electron chi connectivity index (χ4n) is 9.60. The average Bonchev–Trinajstić information content (AvgIpc) is 3.35. The minimum absolute atomic E-state index is 0.000330. The van der Waals surface area contributed by atoms with Crippen LogP contribution in [0.5, 0.6) is 0 Å². The van der Waals surface area contributed by atoms with Crippen molar-refractivity contribution >= 4 is 13.7 Å². The molecule has 432 valence electrons. The van der Waals surface area contributed by atoms with E-state index in [1.54, 1.807) is 6.08 Å². The number of nitrogens with one attached hydrogen (secondary N) is 1. The van der Waals surface area contributed by atoms with E-state index < -0.39 is 20.0 Å². The van der Waals surface area contributed by atoms with Crippen molar-refractivity contribution < 1.29 is 32.9 Å². The van der Waals surface area contributed by atoms with Gasteiger partial charge in [0.1, 0.15) is 13.2 Å². The first-order chi connectivity index (χ1) is 35.5. The number of hydrogen-bond acceptors (Lipinski definition) is 6. The number of phosphoric ester groups is 1. The third kappa shape index (κ3) is 58.2. The molecule has 0 aromatic rings. The zero-order valence-electron chi connectivity index (χ0n) is 49.4. The lowest BCUT2D eigenvalue weighted by atomic mass is 10.0. The summed E-state index contributed by atoms with van der Waals surface area (Å²) >= 11 is 0. The number of aliphatic hydroxyl groups excluding tert-OH is 1. The molecule has 73 heavy (non-hydrogen) atoms. The summed E-state index contributed by atoms with van der Waals surface area (Å²) in [6.07, 6.45) is 72.3. The zero-order chi connectivity index (χ0) is 53.5. The summed E-state index contributed by atoms with van der Waals surface area (Å²) in [4.78, 5) is 25.6. The van der Waals surface area contributed by atoms with Gasteiger partial charge in [0.2, 0.25) is 5.91 Å². The number of phosphoric acid groups is 1. The molecule has 0 aliphatic carbocycles. The number of aliphatic hydroxyl groups is 1. The first-order valence-corrected chi connectivity index (χ1v) is 33.3. The number of carbonyl (C=O) groups is 1. The highest BCUT2D eigenvalue weighted by Gasteiger charge is 2.23. The maximum Gasteiger partial charge on any atom is 0.268 e. The number of unbranched alkanes of at least 4 members (excludes halogenated alkanes) is 42. The minimum Gasteiger partial charge on any atom is -0.756 e. The van der Waals surface area contributed by atoms with Crippen LogP contribution in [0.15, 0.2) is 36.5 Å².